The Hall–Kier alpha value is -2.26. The number of nitrogens with two attached hydrogens (primary N) is 1. The zero-order chi connectivity index (χ0) is 18.6. The lowest BCUT2D eigenvalue weighted by molar-refractivity contribution is 0.712. The molecule has 0 spiro atoms. The smallest absolute Gasteiger partial charge is 0.105 e. The molecule has 4 heteroatoms. The normalized spacial score (nSPS) is 12.5. The fourth-order valence-corrected chi connectivity index (χ4v) is 2.44. The summed E-state index contributed by atoms with van der Waals surface area (Å²) in [5, 5.41) is 0.590. The zero-order valence-electron chi connectivity index (χ0n) is 15.2. The van der Waals surface area contributed by atoms with Gasteiger partial charge in [-0.05, 0) is 45.4 Å². The van der Waals surface area contributed by atoms with Crippen LogP contribution in [0.4, 0.5) is 5.69 Å². The summed E-state index contributed by atoms with van der Waals surface area (Å²) in [6.07, 6.45) is 1.69. The summed E-state index contributed by atoms with van der Waals surface area (Å²) in [5.74, 6) is 0.799. The van der Waals surface area contributed by atoms with Crippen molar-refractivity contribution in [1.82, 2.24) is 4.90 Å². The quantitative estimate of drug-likeness (QED) is 0.320. The first-order valence-corrected chi connectivity index (χ1v) is 8.01. The number of hydrogen-bond acceptors (Lipinski definition) is 2. The number of rotatable bonds is 5. The lowest BCUT2D eigenvalue weighted by Gasteiger charge is -2.24. The second-order valence-corrected chi connectivity index (χ2v) is 6.19. The summed E-state index contributed by atoms with van der Waals surface area (Å²) in [7, 11) is 1.90. The van der Waals surface area contributed by atoms with Gasteiger partial charge in [0, 0.05) is 40.3 Å². The molecule has 24 heavy (non-hydrogen) atoms. The summed E-state index contributed by atoms with van der Waals surface area (Å²) in [4.78, 5) is 6.55. The van der Waals surface area contributed by atoms with Crippen LogP contribution in [0.1, 0.15) is 38.8 Å². The Balaban J connectivity index is 3.31. The average molecular weight is 344 g/mol. The van der Waals surface area contributed by atoms with E-state index in [0.717, 1.165) is 33.8 Å². The summed E-state index contributed by atoms with van der Waals surface area (Å²) in [6.45, 7) is 19.8. The van der Waals surface area contributed by atoms with Crippen LogP contribution in [0.5, 0.6) is 0 Å². The van der Waals surface area contributed by atoms with E-state index in [9.17, 15) is 0 Å². The molecule has 0 amide bonds. The Morgan fingerprint density at radius 1 is 1.21 bits per heavy atom. The lowest BCUT2D eigenvalue weighted by atomic mass is 10.0. The summed E-state index contributed by atoms with van der Waals surface area (Å²) in [6, 6.07) is 3.53. The highest BCUT2D eigenvalue weighted by Crippen LogP contribution is 2.32. The fraction of sp³-hybridized carbons (Fsp3) is 0.250. The molecule has 2 N–H and O–H groups in total. The molecule has 0 aromatic heterocycles. The van der Waals surface area contributed by atoms with Gasteiger partial charge in [-0.15, -0.1) is 0 Å². The molecule has 0 heterocycles. The largest absolute Gasteiger partial charge is 0.398 e. The van der Waals surface area contributed by atoms with E-state index in [-0.39, 0.29) is 0 Å². The predicted molar refractivity (Wildman–Crippen MR) is 109 cm³/mol. The van der Waals surface area contributed by atoms with Crippen LogP contribution in [0.3, 0.4) is 0 Å². The van der Waals surface area contributed by atoms with Crippen LogP contribution in [0.2, 0.25) is 5.02 Å². The van der Waals surface area contributed by atoms with Crippen molar-refractivity contribution in [3.63, 3.8) is 0 Å². The molecule has 1 rings (SSSR count). The van der Waals surface area contributed by atoms with Gasteiger partial charge >= 0.3 is 0 Å². The minimum absolute atomic E-state index is 0.590. The number of amidine groups is 1. The maximum Gasteiger partial charge on any atom is 0.105 e. The third-order valence-corrected chi connectivity index (χ3v) is 4.45. The molecule has 0 aliphatic carbocycles. The van der Waals surface area contributed by atoms with Crippen LogP contribution in [-0.4, -0.2) is 17.8 Å². The van der Waals surface area contributed by atoms with E-state index >= 15 is 0 Å². The average Bonchev–Trinajstić information content (AvgIpc) is 2.54. The molecule has 0 radical (unpaired) electrons. The van der Waals surface area contributed by atoms with E-state index < -0.39 is 0 Å². The van der Waals surface area contributed by atoms with Crippen LogP contribution < -0.4 is 5.73 Å². The molecular formula is C20H26ClN3. The van der Waals surface area contributed by atoms with E-state index in [2.05, 4.69) is 24.7 Å². The molecule has 0 aliphatic heterocycles. The van der Waals surface area contributed by atoms with Crippen molar-refractivity contribution in [1.29, 1.82) is 0 Å². The Bertz CT molecular complexity index is 754. The van der Waals surface area contributed by atoms with Crippen molar-refractivity contribution in [2.75, 3.05) is 12.8 Å². The maximum absolute atomic E-state index is 6.26. The van der Waals surface area contributed by atoms with E-state index in [4.69, 9.17) is 17.3 Å². The van der Waals surface area contributed by atoms with Crippen LogP contribution >= 0.6 is 11.6 Å². The standard InChI is InChI=1S/C20H26ClN3/c1-9-17-18(21)10-11-19(22)20(17)15(6)24(8)16(7)23-14(5)13(4)12(2)3/h9-11H,1-2,6,22H2,3-5,7-8H3/b14-13+,23-16?. The zero-order valence-corrected chi connectivity index (χ0v) is 16.0. The van der Waals surface area contributed by atoms with Gasteiger partial charge in [0.25, 0.3) is 0 Å². The van der Waals surface area contributed by atoms with E-state index in [0.29, 0.717) is 16.4 Å². The van der Waals surface area contributed by atoms with E-state index in [1.807, 2.05) is 39.6 Å². The highest BCUT2D eigenvalue weighted by atomic mass is 35.5. The molecule has 0 fully saturated rings. The van der Waals surface area contributed by atoms with Crippen molar-refractivity contribution in [3.8, 4) is 0 Å². The van der Waals surface area contributed by atoms with Gasteiger partial charge < -0.3 is 10.6 Å². The van der Waals surface area contributed by atoms with Gasteiger partial charge in [-0.25, -0.2) is 4.99 Å². The minimum Gasteiger partial charge on any atom is -0.398 e. The number of benzene rings is 1. The van der Waals surface area contributed by atoms with Crippen molar-refractivity contribution in [3.05, 3.63) is 64.9 Å². The molecule has 0 aliphatic rings. The number of hydrogen-bond donors (Lipinski definition) is 1. The lowest BCUT2D eigenvalue weighted by Crippen LogP contribution is -2.23. The number of allylic oxidation sites excluding steroid dienone is 3. The number of nitrogens with zero attached hydrogens (tertiary/aromatic N) is 2. The second-order valence-electron chi connectivity index (χ2n) is 5.78. The summed E-state index contributed by atoms with van der Waals surface area (Å²) < 4.78 is 0. The molecule has 0 saturated carbocycles. The number of nitrogen functional groups attached to an aromatic ring is 1. The number of anilines is 1. The van der Waals surface area contributed by atoms with Gasteiger partial charge in [0.05, 0.1) is 0 Å². The molecule has 0 unspecified atom stereocenters. The first kappa shape index (κ1) is 19.8. The monoisotopic (exact) mass is 343 g/mol. The number of aliphatic imine (C=N–C) groups is 1. The van der Waals surface area contributed by atoms with Crippen molar-refractivity contribution >= 4 is 34.9 Å². The van der Waals surface area contributed by atoms with Gasteiger partial charge in [-0.3, -0.25) is 0 Å². The highest BCUT2D eigenvalue weighted by Gasteiger charge is 2.16. The van der Waals surface area contributed by atoms with Gasteiger partial charge in [0.2, 0.25) is 0 Å². The molecule has 3 nitrogen and oxygen atoms in total. The van der Waals surface area contributed by atoms with Crippen molar-refractivity contribution in [2.45, 2.75) is 27.7 Å². The molecule has 1 aromatic rings. The Labute approximate surface area is 150 Å². The Morgan fingerprint density at radius 3 is 2.29 bits per heavy atom. The van der Waals surface area contributed by atoms with Gasteiger partial charge in [0.1, 0.15) is 5.84 Å². The summed E-state index contributed by atoms with van der Waals surface area (Å²) in [5.41, 5.74) is 12.0. The number of halogens is 1. The van der Waals surface area contributed by atoms with Gasteiger partial charge in [0.15, 0.2) is 0 Å². The molecule has 1 aromatic carbocycles. The van der Waals surface area contributed by atoms with E-state index in [1.54, 1.807) is 18.2 Å². The molecular weight excluding hydrogens is 318 g/mol. The first-order chi connectivity index (χ1) is 11.1. The van der Waals surface area contributed by atoms with Crippen LogP contribution in [0.15, 0.2) is 53.7 Å². The minimum atomic E-state index is 0.590. The fourth-order valence-electron chi connectivity index (χ4n) is 2.21. The molecule has 128 valence electrons. The SMILES string of the molecule is C=Cc1c(Cl)ccc(N)c1C(=C)N(C)C(C)=N/C(C)=C(\C)C(=C)C. The Morgan fingerprint density at radius 2 is 1.79 bits per heavy atom. The van der Waals surface area contributed by atoms with Gasteiger partial charge in [-0.2, -0.15) is 0 Å². The third-order valence-electron chi connectivity index (χ3n) is 4.12. The maximum atomic E-state index is 6.26. The van der Waals surface area contributed by atoms with E-state index in [1.165, 1.54) is 0 Å². The topological polar surface area (TPSA) is 41.6 Å². The third kappa shape index (κ3) is 4.18. The van der Waals surface area contributed by atoms with Crippen LogP contribution in [-0.2, 0) is 0 Å². The van der Waals surface area contributed by atoms with Crippen molar-refractivity contribution < 1.29 is 0 Å². The molecule has 0 saturated heterocycles. The first-order valence-electron chi connectivity index (χ1n) is 7.63. The highest BCUT2D eigenvalue weighted by molar-refractivity contribution is 6.32. The predicted octanol–water partition coefficient (Wildman–Crippen LogP) is 5.76. The van der Waals surface area contributed by atoms with Gasteiger partial charge in [-0.1, -0.05) is 43.0 Å². The summed E-state index contributed by atoms with van der Waals surface area (Å²) >= 11 is 6.26. The second kappa shape index (κ2) is 8.02. The van der Waals surface area contributed by atoms with Crippen LogP contribution in [0, 0.1) is 0 Å². The Kier molecular flexibility index (Phi) is 6.61. The molecule has 0 atom stereocenters. The molecule has 0 bridgehead atoms. The van der Waals surface area contributed by atoms with Crippen molar-refractivity contribution in [2.24, 2.45) is 4.99 Å². The van der Waals surface area contributed by atoms with Crippen LogP contribution in [0.25, 0.3) is 11.8 Å².